The minimum atomic E-state index is -0.403. The van der Waals surface area contributed by atoms with Crippen molar-refractivity contribution in [3.8, 4) is 17.4 Å². The van der Waals surface area contributed by atoms with E-state index >= 15 is 0 Å². The number of hydrogen-bond acceptors (Lipinski definition) is 4. The molecule has 3 aliphatic rings. The summed E-state index contributed by atoms with van der Waals surface area (Å²) in [5, 5.41) is 22.2. The van der Waals surface area contributed by atoms with Crippen LogP contribution in [0, 0.1) is 0 Å². The highest BCUT2D eigenvalue weighted by atomic mass is 16.4. The first-order chi connectivity index (χ1) is 11.6. The van der Waals surface area contributed by atoms with Gasteiger partial charge in [0.25, 0.3) is 0 Å². The monoisotopic (exact) mass is 321 g/mol. The molecule has 2 N–H and O–H groups in total. The van der Waals surface area contributed by atoms with Crippen LogP contribution in [0.4, 0.5) is 0 Å². The van der Waals surface area contributed by atoms with Crippen LogP contribution >= 0.6 is 0 Å². The van der Waals surface area contributed by atoms with E-state index in [4.69, 9.17) is 4.42 Å². The van der Waals surface area contributed by atoms with Gasteiger partial charge in [-0.3, -0.25) is 4.57 Å². The minimum absolute atomic E-state index is 0.0956. The van der Waals surface area contributed by atoms with Gasteiger partial charge in [0.1, 0.15) is 5.58 Å². The number of nitrogens with zero attached hydrogens (tertiary/aromatic N) is 1. The van der Waals surface area contributed by atoms with E-state index in [0.717, 1.165) is 29.4 Å². The van der Waals surface area contributed by atoms with E-state index in [1.54, 1.807) is 24.3 Å². The Kier molecular flexibility index (Phi) is 2.55. The first-order valence-electron chi connectivity index (χ1n) is 8.02. The van der Waals surface area contributed by atoms with Crippen LogP contribution in [0.25, 0.3) is 16.7 Å². The molecule has 6 rings (SSSR count). The maximum Gasteiger partial charge on any atom is 0.336 e. The summed E-state index contributed by atoms with van der Waals surface area (Å²) in [7, 11) is 0. The molecule has 0 saturated carbocycles. The van der Waals surface area contributed by atoms with Crippen molar-refractivity contribution in [3.05, 3.63) is 64.0 Å². The van der Waals surface area contributed by atoms with Crippen molar-refractivity contribution in [2.45, 2.75) is 24.7 Å². The van der Waals surface area contributed by atoms with Crippen molar-refractivity contribution < 1.29 is 14.6 Å². The molecule has 120 valence electrons. The fourth-order valence-corrected chi connectivity index (χ4v) is 4.06. The first-order valence-corrected chi connectivity index (χ1v) is 8.02. The highest BCUT2D eigenvalue weighted by Gasteiger charge is 2.37. The highest BCUT2D eigenvalue weighted by molar-refractivity contribution is 5.79. The molecule has 24 heavy (non-hydrogen) atoms. The Balaban J connectivity index is 1.75. The third kappa shape index (κ3) is 1.67. The molecule has 0 fully saturated rings. The lowest BCUT2D eigenvalue weighted by molar-refractivity contribution is 0.399. The Morgan fingerprint density at radius 1 is 0.958 bits per heavy atom. The molecule has 1 aromatic carbocycles. The van der Waals surface area contributed by atoms with Gasteiger partial charge in [0.2, 0.25) is 11.8 Å². The van der Waals surface area contributed by atoms with Crippen LogP contribution in [0.5, 0.6) is 11.8 Å². The Hall–Kier alpha value is -2.95. The topological polar surface area (TPSA) is 75.6 Å². The average Bonchev–Trinajstić information content (AvgIpc) is 2.89. The van der Waals surface area contributed by atoms with Crippen molar-refractivity contribution in [3.63, 3.8) is 0 Å². The second-order valence-electron chi connectivity index (χ2n) is 6.46. The number of hydrogen-bond donors (Lipinski definition) is 2. The molecule has 0 spiro atoms. The van der Waals surface area contributed by atoms with E-state index in [-0.39, 0.29) is 23.6 Å². The van der Waals surface area contributed by atoms with Gasteiger partial charge in [0.15, 0.2) is 0 Å². The zero-order valence-corrected chi connectivity index (χ0v) is 12.8. The standard InChI is InChI=1S/C19H15NO4/c21-15-8-5-12-9-13(6-7-14(12)24-15)20-18(22)16-10-1-2-11(4-3-10)17(16)19(20)23/h1-2,5-11,22-23H,3-4H2/t10-,11+. The number of fused-ring (bicyclic) bond motifs is 2. The van der Waals surface area contributed by atoms with E-state index in [0.29, 0.717) is 11.3 Å². The molecule has 2 heterocycles. The summed E-state index contributed by atoms with van der Waals surface area (Å²) in [4.78, 5) is 11.3. The lowest BCUT2D eigenvalue weighted by atomic mass is 9.73. The summed E-state index contributed by atoms with van der Waals surface area (Å²) < 4.78 is 6.62. The van der Waals surface area contributed by atoms with E-state index in [9.17, 15) is 15.0 Å². The summed E-state index contributed by atoms with van der Waals surface area (Å²) in [6.07, 6.45) is 6.23. The Labute approximate surface area is 137 Å². The largest absolute Gasteiger partial charge is 0.494 e. The summed E-state index contributed by atoms with van der Waals surface area (Å²) in [6, 6.07) is 8.23. The molecule has 3 aliphatic carbocycles. The van der Waals surface area contributed by atoms with E-state index < -0.39 is 5.63 Å². The van der Waals surface area contributed by atoms with Crippen LogP contribution in [0.1, 0.15) is 35.8 Å². The molecular weight excluding hydrogens is 306 g/mol. The molecular formula is C19H15NO4. The first kappa shape index (κ1) is 13.5. The van der Waals surface area contributed by atoms with Gasteiger partial charge >= 0.3 is 5.63 Å². The molecule has 0 saturated heterocycles. The lowest BCUT2D eigenvalue weighted by Crippen LogP contribution is -2.15. The van der Waals surface area contributed by atoms with E-state index in [2.05, 4.69) is 12.2 Å². The number of benzene rings is 1. The minimum Gasteiger partial charge on any atom is -0.494 e. The predicted octanol–water partition coefficient (Wildman–Crippen LogP) is 3.53. The van der Waals surface area contributed by atoms with Gasteiger partial charge in [-0.25, -0.2) is 4.79 Å². The summed E-state index contributed by atoms with van der Waals surface area (Å²) >= 11 is 0. The smallest absolute Gasteiger partial charge is 0.336 e. The Bertz CT molecular complexity index is 1040. The van der Waals surface area contributed by atoms with Crippen molar-refractivity contribution in [1.29, 1.82) is 0 Å². The quantitative estimate of drug-likeness (QED) is 0.531. The molecule has 0 amide bonds. The van der Waals surface area contributed by atoms with Crippen LogP contribution in [0.3, 0.4) is 0 Å². The van der Waals surface area contributed by atoms with Crippen molar-refractivity contribution >= 4 is 11.0 Å². The fourth-order valence-electron chi connectivity index (χ4n) is 4.06. The summed E-state index contributed by atoms with van der Waals surface area (Å²) in [5.41, 5.74) is 2.39. The number of aromatic nitrogens is 1. The Morgan fingerprint density at radius 2 is 1.62 bits per heavy atom. The lowest BCUT2D eigenvalue weighted by Gasteiger charge is -2.30. The maximum atomic E-state index is 11.3. The van der Waals surface area contributed by atoms with Crippen LogP contribution in [0.2, 0.25) is 0 Å². The van der Waals surface area contributed by atoms with Crippen LogP contribution in [0.15, 0.2) is 51.7 Å². The molecule has 2 atom stereocenters. The SMILES string of the molecule is O=c1ccc2cc(-n3c(O)c4c(c3O)[C@H]3C=C[C@@H]4CC3)ccc2o1. The van der Waals surface area contributed by atoms with Crippen LogP contribution in [-0.4, -0.2) is 14.8 Å². The predicted molar refractivity (Wildman–Crippen MR) is 89.0 cm³/mol. The van der Waals surface area contributed by atoms with E-state index in [1.165, 1.54) is 10.6 Å². The summed E-state index contributed by atoms with van der Waals surface area (Å²) in [5.74, 6) is 0.517. The van der Waals surface area contributed by atoms with Gasteiger partial charge in [-0.15, -0.1) is 0 Å². The van der Waals surface area contributed by atoms with Gasteiger partial charge in [-0.2, -0.15) is 0 Å². The Morgan fingerprint density at radius 3 is 2.25 bits per heavy atom. The molecule has 0 unspecified atom stereocenters. The average molecular weight is 321 g/mol. The van der Waals surface area contributed by atoms with Crippen molar-refractivity contribution in [2.24, 2.45) is 0 Å². The number of rotatable bonds is 1. The third-order valence-corrected chi connectivity index (χ3v) is 5.16. The normalized spacial score (nSPS) is 21.3. The van der Waals surface area contributed by atoms with Crippen molar-refractivity contribution in [1.82, 2.24) is 4.57 Å². The molecule has 5 heteroatoms. The van der Waals surface area contributed by atoms with Crippen LogP contribution in [-0.2, 0) is 0 Å². The van der Waals surface area contributed by atoms with Gasteiger partial charge < -0.3 is 14.6 Å². The third-order valence-electron chi connectivity index (χ3n) is 5.16. The zero-order chi connectivity index (χ0) is 16.4. The second-order valence-corrected chi connectivity index (χ2v) is 6.46. The molecule has 0 radical (unpaired) electrons. The molecule has 2 bridgehead atoms. The zero-order valence-electron chi connectivity index (χ0n) is 12.8. The second kappa shape index (κ2) is 4.54. The van der Waals surface area contributed by atoms with Gasteiger partial charge in [0.05, 0.1) is 5.69 Å². The fraction of sp³-hybridized carbons (Fsp3) is 0.211. The number of aromatic hydroxyl groups is 2. The molecule has 0 aliphatic heterocycles. The van der Waals surface area contributed by atoms with E-state index in [1.807, 2.05) is 0 Å². The van der Waals surface area contributed by atoms with Gasteiger partial charge in [0, 0.05) is 34.4 Å². The number of allylic oxidation sites excluding steroid dienone is 2. The van der Waals surface area contributed by atoms with Crippen LogP contribution < -0.4 is 5.63 Å². The maximum absolute atomic E-state index is 11.3. The van der Waals surface area contributed by atoms with Crippen molar-refractivity contribution in [2.75, 3.05) is 0 Å². The molecule has 2 aromatic heterocycles. The molecule has 5 nitrogen and oxygen atoms in total. The molecule has 3 aromatic rings. The van der Waals surface area contributed by atoms with Gasteiger partial charge in [-0.1, -0.05) is 12.2 Å². The highest BCUT2D eigenvalue weighted by Crippen LogP contribution is 2.54. The summed E-state index contributed by atoms with van der Waals surface area (Å²) in [6.45, 7) is 0. The van der Waals surface area contributed by atoms with Gasteiger partial charge in [-0.05, 0) is 37.1 Å².